The highest BCUT2D eigenvalue weighted by atomic mass is 31.2. The molecule has 20 heavy (non-hydrogen) atoms. The molecule has 11 heteroatoms. The summed E-state index contributed by atoms with van der Waals surface area (Å²) in [7, 11) is -5.04. The SMILES string of the molecule is C=COC(=O)OP(=O)(OC(=O)OC=C)OC(=O)OC=C. The van der Waals surface area contributed by atoms with Gasteiger partial charge in [-0.05, 0) is 0 Å². The number of hydrogen-bond acceptors (Lipinski definition) is 10. The molecule has 0 aromatic heterocycles. The molecule has 0 saturated heterocycles. The number of hydrogen-bond donors (Lipinski definition) is 0. The van der Waals surface area contributed by atoms with Gasteiger partial charge in [-0.2, -0.15) is 4.57 Å². The normalized spacial score (nSPS) is 9.40. The summed E-state index contributed by atoms with van der Waals surface area (Å²) in [5.74, 6) is 0. The number of rotatable bonds is 6. The number of phosphoric ester groups is 1. The summed E-state index contributed by atoms with van der Waals surface area (Å²) < 4.78 is 36.0. The van der Waals surface area contributed by atoms with Gasteiger partial charge in [0.15, 0.2) is 0 Å². The van der Waals surface area contributed by atoms with Crippen LogP contribution >= 0.6 is 7.82 Å². The topological polar surface area (TPSA) is 124 Å². The zero-order chi connectivity index (χ0) is 15.6. The van der Waals surface area contributed by atoms with E-state index >= 15 is 0 Å². The molecule has 0 aromatic rings. The van der Waals surface area contributed by atoms with Gasteiger partial charge in [0.05, 0.1) is 18.8 Å². The number of ether oxygens (including phenoxy) is 3. The summed E-state index contributed by atoms with van der Waals surface area (Å²) in [5, 5.41) is 0. The predicted molar refractivity (Wildman–Crippen MR) is 60.9 cm³/mol. The van der Waals surface area contributed by atoms with Crippen molar-refractivity contribution in [2.75, 3.05) is 0 Å². The second kappa shape index (κ2) is 8.38. The molecule has 0 bridgehead atoms. The lowest BCUT2D eigenvalue weighted by Crippen LogP contribution is -2.13. The van der Waals surface area contributed by atoms with Crippen LogP contribution in [-0.2, 0) is 32.3 Å². The van der Waals surface area contributed by atoms with E-state index in [1.807, 2.05) is 0 Å². The second-order valence-electron chi connectivity index (χ2n) is 2.32. The fraction of sp³-hybridized carbons (Fsp3) is 0. The van der Waals surface area contributed by atoms with E-state index in [1.54, 1.807) is 0 Å². The van der Waals surface area contributed by atoms with Crippen LogP contribution in [0.1, 0.15) is 0 Å². The van der Waals surface area contributed by atoms with E-state index in [4.69, 9.17) is 0 Å². The minimum absolute atomic E-state index is 0.622. The van der Waals surface area contributed by atoms with Crippen molar-refractivity contribution in [1.82, 2.24) is 0 Å². The van der Waals surface area contributed by atoms with Crippen LogP contribution in [0.5, 0.6) is 0 Å². The Morgan fingerprint density at radius 2 is 0.950 bits per heavy atom. The Bertz CT molecular complexity index is 401. The second-order valence-corrected chi connectivity index (χ2v) is 3.77. The lowest BCUT2D eigenvalue weighted by atomic mass is 11.1. The first-order valence-electron chi connectivity index (χ1n) is 4.50. The van der Waals surface area contributed by atoms with E-state index in [0.717, 1.165) is 0 Å². The van der Waals surface area contributed by atoms with E-state index < -0.39 is 26.3 Å². The molecule has 0 saturated carbocycles. The molecule has 0 spiro atoms. The van der Waals surface area contributed by atoms with Crippen LogP contribution in [0.4, 0.5) is 14.4 Å². The van der Waals surface area contributed by atoms with E-state index in [0.29, 0.717) is 18.8 Å². The Balaban J connectivity index is 4.95. The zero-order valence-electron chi connectivity index (χ0n) is 9.88. The molecule has 0 amide bonds. The minimum Gasteiger partial charge on any atom is -0.403 e. The average Bonchev–Trinajstić information content (AvgIpc) is 2.28. The van der Waals surface area contributed by atoms with Crippen molar-refractivity contribution >= 4 is 26.3 Å². The summed E-state index contributed by atoms with van der Waals surface area (Å²) in [6.45, 7) is 9.02. The van der Waals surface area contributed by atoms with Gasteiger partial charge in [-0.1, -0.05) is 19.7 Å². The summed E-state index contributed by atoms with van der Waals surface area (Å²) >= 11 is 0. The molecule has 10 nitrogen and oxygen atoms in total. The van der Waals surface area contributed by atoms with Crippen molar-refractivity contribution in [3.63, 3.8) is 0 Å². The Labute approximate surface area is 112 Å². The van der Waals surface area contributed by atoms with Crippen molar-refractivity contribution in [3.8, 4) is 0 Å². The molecule has 0 fully saturated rings. The van der Waals surface area contributed by atoms with Gasteiger partial charge in [0.25, 0.3) is 0 Å². The van der Waals surface area contributed by atoms with Crippen molar-refractivity contribution in [2.45, 2.75) is 0 Å². The average molecular weight is 308 g/mol. The van der Waals surface area contributed by atoms with Crippen LogP contribution in [0.2, 0.25) is 0 Å². The first-order chi connectivity index (χ1) is 9.36. The lowest BCUT2D eigenvalue weighted by molar-refractivity contribution is 0.0775. The Kier molecular flexibility index (Phi) is 7.23. The first kappa shape index (κ1) is 17.3. The third kappa shape index (κ3) is 6.87. The summed E-state index contributed by atoms with van der Waals surface area (Å²) in [4.78, 5) is 32.8. The van der Waals surface area contributed by atoms with Crippen molar-refractivity contribution in [3.05, 3.63) is 38.5 Å². The quantitative estimate of drug-likeness (QED) is 0.313. The van der Waals surface area contributed by atoms with Crippen molar-refractivity contribution in [1.29, 1.82) is 0 Å². The van der Waals surface area contributed by atoms with Crippen LogP contribution in [0.15, 0.2) is 38.5 Å². The van der Waals surface area contributed by atoms with E-state index in [1.165, 1.54) is 0 Å². The number of carbonyl (C=O) groups excluding carboxylic acids is 3. The molecule has 0 aliphatic rings. The van der Waals surface area contributed by atoms with E-state index in [9.17, 15) is 18.9 Å². The molecular weight excluding hydrogens is 299 g/mol. The monoisotopic (exact) mass is 308 g/mol. The standard InChI is InChI=1S/C9H9O10P/c1-4-14-7(10)17-20(13,18-8(11)15-5-2)19-9(12)16-6-3/h4-6H,1-3H2. The molecule has 0 unspecified atom stereocenters. The number of phosphoric acid groups is 1. The van der Waals surface area contributed by atoms with E-state index in [-0.39, 0.29) is 0 Å². The van der Waals surface area contributed by atoms with Crippen molar-refractivity contribution in [2.24, 2.45) is 0 Å². The lowest BCUT2D eigenvalue weighted by Gasteiger charge is -2.13. The molecule has 0 aromatic carbocycles. The van der Waals surface area contributed by atoms with Gasteiger partial charge >= 0.3 is 26.3 Å². The molecule has 0 atom stereocenters. The van der Waals surface area contributed by atoms with Gasteiger partial charge in [-0.15, -0.1) is 0 Å². The first-order valence-corrected chi connectivity index (χ1v) is 5.96. The smallest absolute Gasteiger partial charge is 0.403 e. The van der Waals surface area contributed by atoms with Gasteiger partial charge in [0, 0.05) is 0 Å². The number of carbonyl (C=O) groups is 3. The molecule has 0 radical (unpaired) electrons. The van der Waals surface area contributed by atoms with Crippen LogP contribution in [-0.4, -0.2) is 18.5 Å². The maximum Gasteiger partial charge on any atom is 0.661 e. The highest BCUT2D eigenvalue weighted by Gasteiger charge is 2.41. The maximum atomic E-state index is 11.8. The predicted octanol–water partition coefficient (Wildman–Crippen LogP) is 2.98. The molecule has 0 N–H and O–H groups in total. The van der Waals surface area contributed by atoms with Gasteiger partial charge in [-0.25, -0.2) is 14.4 Å². The summed E-state index contributed by atoms with van der Waals surface area (Å²) in [5.41, 5.74) is 0. The molecule has 0 aliphatic carbocycles. The summed E-state index contributed by atoms with van der Waals surface area (Å²) in [6.07, 6.45) is -3.01. The Hall–Kier alpha value is -2.74. The summed E-state index contributed by atoms with van der Waals surface area (Å²) in [6, 6.07) is 0. The molecular formula is C9H9O10P. The van der Waals surface area contributed by atoms with Gasteiger partial charge in [-0.3, -0.25) is 0 Å². The van der Waals surface area contributed by atoms with Gasteiger partial charge in [0.1, 0.15) is 0 Å². The van der Waals surface area contributed by atoms with Crippen LogP contribution < -0.4 is 0 Å². The van der Waals surface area contributed by atoms with Crippen LogP contribution in [0, 0.1) is 0 Å². The Morgan fingerprint density at radius 1 is 0.700 bits per heavy atom. The van der Waals surface area contributed by atoms with Crippen LogP contribution in [0.25, 0.3) is 0 Å². The Morgan fingerprint density at radius 3 is 1.15 bits per heavy atom. The molecule has 110 valence electrons. The molecule has 0 heterocycles. The van der Waals surface area contributed by atoms with E-state index in [2.05, 4.69) is 47.5 Å². The van der Waals surface area contributed by atoms with Gasteiger partial charge < -0.3 is 27.8 Å². The third-order valence-electron chi connectivity index (χ3n) is 1.10. The molecule has 0 rings (SSSR count). The third-order valence-corrected chi connectivity index (χ3v) is 2.22. The largest absolute Gasteiger partial charge is 0.661 e. The molecule has 0 aliphatic heterocycles. The van der Waals surface area contributed by atoms with Gasteiger partial charge in [0.2, 0.25) is 0 Å². The fourth-order valence-corrected chi connectivity index (χ4v) is 1.39. The van der Waals surface area contributed by atoms with Crippen molar-refractivity contribution < 1.29 is 46.7 Å². The van der Waals surface area contributed by atoms with Crippen LogP contribution in [0.3, 0.4) is 0 Å². The minimum atomic E-state index is -5.04. The fourth-order valence-electron chi connectivity index (χ4n) is 0.598. The zero-order valence-corrected chi connectivity index (χ0v) is 10.8. The maximum absolute atomic E-state index is 11.8. The highest BCUT2D eigenvalue weighted by Crippen LogP contribution is 2.50. The highest BCUT2D eigenvalue weighted by molar-refractivity contribution is 7.50.